The minimum Gasteiger partial charge on any atom is -0.489 e. The van der Waals surface area contributed by atoms with E-state index >= 15 is 0 Å². The third-order valence-electron chi connectivity index (χ3n) is 5.34. The summed E-state index contributed by atoms with van der Waals surface area (Å²) in [6, 6.07) is 25.3. The van der Waals surface area contributed by atoms with E-state index in [4.69, 9.17) is 9.47 Å². The third kappa shape index (κ3) is 9.01. The summed E-state index contributed by atoms with van der Waals surface area (Å²) in [5.74, 6) is 0.496. The average molecular weight is 474 g/mol. The highest BCUT2D eigenvalue weighted by Crippen LogP contribution is 2.24. The lowest BCUT2D eigenvalue weighted by atomic mass is 10.1. The van der Waals surface area contributed by atoms with E-state index in [1.165, 1.54) is 12.7 Å². The molecule has 0 bridgehead atoms. The van der Waals surface area contributed by atoms with Gasteiger partial charge in [0.2, 0.25) is 5.91 Å². The summed E-state index contributed by atoms with van der Waals surface area (Å²) in [5, 5.41) is 0. The zero-order chi connectivity index (χ0) is 24.9. The van der Waals surface area contributed by atoms with Gasteiger partial charge in [0.25, 0.3) is 0 Å². The van der Waals surface area contributed by atoms with Crippen molar-refractivity contribution in [1.29, 1.82) is 0 Å². The number of esters is 1. The Morgan fingerprint density at radius 2 is 1.51 bits per heavy atom. The summed E-state index contributed by atoms with van der Waals surface area (Å²) in [5.41, 5.74) is 3.01. The van der Waals surface area contributed by atoms with Crippen molar-refractivity contribution in [2.24, 2.45) is 0 Å². The molecule has 3 aromatic rings. The van der Waals surface area contributed by atoms with Gasteiger partial charge in [-0.3, -0.25) is 4.79 Å². The maximum Gasteiger partial charge on any atom is 0.343 e. The normalized spacial score (nSPS) is 10.7. The van der Waals surface area contributed by atoms with Crippen molar-refractivity contribution in [3.05, 3.63) is 102 Å². The van der Waals surface area contributed by atoms with E-state index in [0.29, 0.717) is 24.7 Å². The van der Waals surface area contributed by atoms with E-state index < -0.39 is 5.97 Å². The van der Waals surface area contributed by atoms with Crippen LogP contribution < -0.4 is 9.47 Å². The Morgan fingerprint density at radius 3 is 2.20 bits per heavy atom. The fraction of sp³-hybridized carbons (Fsp3) is 0.241. The van der Waals surface area contributed by atoms with Gasteiger partial charge in [-0.25, -0.2) is 4.79 Å². The van der Waals surface area contributed by atoms with Crippen molar-refractivity contribution in [1.82, 2.24) is 4.90 Å². The van der Waals surface area contributed by atoms with E-state index in [-0.39, 0.29) is 18.9 Å². The number of methoxy groups -OCH3 is 1. The van der Waals surface area contributed by atoms with Crippen molar-refractivity contribution >= 4 is 18.0 Å². The second-order valence-electron chi connectivity index (χ2n) is 8.03. The molecule has 0 radical (unpaired) electrons. The third-order valence-corrected chi connectivity index (χ3v) is 5.34. The van der Waals surface area contributed by atoms with E-state index in [9.17, 15) is 9.59 Å². The first-order valence-electron chi connectivity index (χ1n) is 11.5. The number of carbonyl (C=O) groups is 2. The van der Waals surface area contributed by atoms with Crippen LogP contribution in [0.1, 0.15) is 16.7 Å². The Bertz CT molecular complexity index is 1110. The van der Waals surface area contributed by atoms with E-state index in [2.05, 4.69) is 16.9 Å². The Labute approximate surface area is 206 Å². The second kappa shape index (κ2) is 13.6. The van der Waals surface area contributed by atoms with Crippen molar-refractivity contribution in [3.8, 4) is 11.5 Å². The highest BCUT2D eigenvalue weighted by molar-refractivity contribution is 5.79. The van der Waals surface area contributed by atoms with Gasteiger partial charge in [-0.1, -0.05) is 66.7 Å². The molecule has 0 fully saturated rings. The molecule has 0 aliphatic carbocycles. The molecule has 0 aliphatic rings. The number of nitrogens with zero attached hydrogens (tertiary/aromatic N) is 1. The van der Waals surface area contributed by atoms with Crippen LogP contribution in [0.15, 0.2) is 84.9 Å². The molecule has 3 aromatic carbocycles. The first kappa shape index (κ1) is 25.6. The largest absolute Gasteiger partial charge is 0.489 e. The summed E-state index contributed by atoms with van der Waals surface area (Å²) in [6.07, 6.45) is 4.87. The standard InChI is InChI=1S/C29H31NO5/c1-30(16-15-24-12-7-4-8-13-24)28(31)20-25-18-26(21-27(19-25)35-22-29(32)33-2)34-17-9-14-23-10-5-3-6-11-23/h3-14,18-19,21H,15-17,20,22H2,1-2H3. The number of rotatable bonds is 12. The van der Waals surface area contributed by atoms with Crippen molar-refractivity contribution in [2.75, 3.05) is 33.9 Å². The van der Waals surface area contributed by atoms with Crippen LogP contribution in [0.25, 0.3) is 6.08 Å². The SMILES string of the molecule is COC(=O)COc1cc(CC(=O)N(C)CCc2ccccc2)cc(OCC=Cc2ccccc2)c1. The lowest BCUT2D eigenvalue weighted by Crippen LogP contribution is -2.30. The average Bonchev–Trinajstić information content (AvgIpc) is 2.89. The Balaban J connectivity index is 1.64. The number of likely N-dealkylation sites (N-methyl/N-ethyl adjacent to an activating group) is 1. The zero-order valence-corrected chi connectivity index (χ0v) is 20.2. The predicted octanol–water partition coefficient (Wildman–Crippen LogP) is 4.57. The predicted molar refractivity (Wildman–Crippen MR) is 136 cm³/mol. The van der Waals surface area contributed by atoms with E-state index in [0.717, 1.165) is 17.5 Å². The summed E-state index contributed by atoms with van der Waals surface area (Å²) in [7, 11) is 3.11. The quantitative estimate of drug-likeness (QED) is 0.361. The zero-order valence-electron chi connectivity index (χ0n) is 20.2. The Kier molecular flexibility index (Phi) is 9.93. The first-order chi connectivity index (χ1) is 17.0. The van der Waals surface area contributed by atoms with Gasteiger partial charge >= 0.3 is 5.97 Å². The lowest BCUT2D eigenvalue weighted by Gasteiger charge is -2.18. The second-order valence-corrected chi connectivity index (χ2v) is 8.03. The molecule has 3 rings (SSSR count). The van der Waals surface area contributed by atoms with Crippen LogP contribution in [0.3, 0.4) is 0 Å². The minimum atomic E-state index is -0.486. The van der Waals surface area contributed by atoms with Gasteiger partial charge in [0.05, 0.1) is 13.5 Å². The van der Waals surface area contributed by atoms with Crippen LogP contribution >= 0.6 is 0 Å². The van der Waals surface area contributed by atoms with Gasteiger partial charge in [-0.2, -0.15) is 0 Å². The van der Waals surface area contributed by atoms with Crippen LogP contribution in [0.4, 0.5) is 0 Å². The fourth-order valence-electron chi connectivity index (χ4n) is 3.37. The number of carbonyl (C=O) groups excluding carboxylic acids is 2. The molecule has 1 amide bonds. The number of benzene rings is 3. The highest BCUT2D eigenvalue weighted by Gasteiger charge is 2.13. The molecule has 182 valence electrons. The minimum absolute atomic E-state index is 0.0130. The monoisotopic (exact) mass is 473 g/mol. The molecule has 0 heterocycles. The topological polar surface area (TPSA) is 65.1 Å². The molecule has 6 nitrogen and oxygen atoms in total. The van der Waals surface area contributed by atoms with Crippen molar-refractivity contribution in [3.63, 3.8) is 0 Å². The number of amides is 1. The van der Waals surface area contributed by atoms with Crippen LogP contribution in [0, 0.1) is 0 Å². The molecule has 0 saturated heterocycles. The van der Waals surface area contributed by atoms with Crippen LogP contribution in [0.5, 0.6) is 11.5 Å². The highest BCUT2D eigenvalue weighted by atomic mass is 16.6. The molecule has 0 saturated carbocycles. The first-order valence-corrected chi connectivity index (χ1v) is 11.5. The van der Waals surface area contributed by atoms with Crippen molar-refractivity contribution in [2.45, 2.75) is 12.8 Å². The molecular weight excluding hydrogens is 442 g/mol. The van der Waals surface area contributed by atoms with Crippen LogP contribution in [-0.2, 0) is 27.2 Å². The summed E-state index contributed by atoms with van der Waals surface area (Å²) in [6.45, 7) is 0.743. The Morgan fingerprint density at radius 1 is 0.857 bits per heavy atom. The molecule has 0 spiro atoms. The van der Waals surface area contributed by atoms with Gasteiger partial charge in [0, 0.05) is 19.7 Å². The van der Waals surface area contributed by atoms with Crippen LogP contribution in [-0.4, -0.2) is 50.7 Å². The number of hydrogen-bond donors (Lipinski definition) is 0. The van der Waals surface area contributed by atoms with E-state index in [1.807, 2.05) is 66.7 Å². The van der Waals surface area contributed by atoms with E-state index in [1.54, 1.807) is 24.1 Å². The molecule has 0 atom stereocenters. The van der Waals surface area contributed by atoms with Crippen LogP contribution in [0.2, 0.25) is 0 Å². The smallest absolute Gasteiger partial charge is 0.343 e. The summed E-state index contributed by atoms with van der Waals surface area (Å²) < 4.78 is 16.1. The summed E-state index contributed by atoms with van der Waals surface area (Å²) in [4.78, 5) is 26.1. The fourth-order valence-corrected chi connectivity index (χ4v) is 3.37. The summed E-state index contributed by atoms with van der Waals surface area (Å²) >= 11 is 0. The maximum absolute atomic E-state index is 12.8. The lowest BCUT2D eigenvalue weighted by molar-refractivity contribution is -0.143. The molecule has 0 unspecified atom stereocenters. The van der Waals surface area contributed by atoms with Crippen molar-refractivity contribution < 1.29 is 23.8 Å². The molecular formula is C29H31NO5. The van der Waals surface area contributed by atoms with Gasteiger partial charge in [0.1, 0.15) is 18.1 Å². The molecule has 6 heteroatoms. The molecule has 0 aliphatic heterocycles. The Hall–Kier alpha value is -4.06. The number of ether oxygens (including phenoxy) is 3. The van der Waals surface area contributed by atoms with Gasteiger partial charge in [-0.05, 0) is 41.3 Å². The molecule has 35 heavy (non-hydrogen) atoms. The molecule has 0 aromatic heterocycles. The van der Waals surface area contributed by atoms with Gasteiger partial charge < -0.3 is 19.1 Å². The molecule has 0 N–H and O–H groups in total. The maximum atomic E-state index is 12.8. The number of hydrogen-bond acceptors (Lipinski definition) is 5. The van der Waals surface area contributed by atoms with Gasteiger partial charge in [0.15, 0.2) is 6.61 Å². The van der Waals surface area contributed by atoms with Gasteiger partial charge in [-0.15, -0.1) is 0 Å².